The first kappa shape index (κ1) is 13.4. The van der Waals surface area contributed by atoms with E-state index < -0.39 is 23.2 Å². The Kier molecular flexibility index (Phi) is 3.72. The summed E-state index contributed by atoms with van der Waals surface area (Å²) >= 11 is 0. The average Bonchev–Trinajstić information content (AvgIpc) is 2.25. The van der Waals surface area contributed by atoms with Crippen molar-refractivity contribution in [1.82, 2.24) is 10.0 Å². The highest BCUT2D eigenvalue weighted by Gasteiger charge is 2.36. The van der Waals surface area contributed by atoms with Gasteiger partial charge in [-0.3, -0.25) is 14.6 Å². The van der Waals surface area contributed by atoms with Crippen LogP contribution in [0.3, 0.4) is 0 Å². The summed E-state index contributed by atoms with van der Waals surface area (Å²) in [4.78, 5) is 19.9. The molecule has 0 unspecified atom stereocenters. The van der Waals surface area contributed by atoms with Gasteiger partial charge >= 0.3 is 6.18 Å². The van der Waals surface area contributed by atoms with Crippen molar-refractivity contribution in [2.45, 2.75) is 13.1 Å². The van der Waals surface area contributed by atoms with E-state index in [-0.39, 0.29) is 5.69 Å². The monoisotopic (exact) mass is 248 g/mol. The highest BCUT2D eigenvalue weighted by atomic mass is 19.4. The van der Waals surface area contributed by atoms with Crippen molar-refractivity contribution < 1.29 is 22.8 Å². The fourth-order valence-corrected chi connectivity index (χ4v) is 1.22. The standard InChI is InChI=1S/C10H11F3N2O2/c1-6-4-8(10(11,12)13)7(5-14-6)9(16)15(2)17-3/h4-5H,1-3H3. The van der Waals surface area contributed by atoms with Crippen molar-refractivity contribution in [3.8, 4) is 0 Å². The number of carbonyl (C=O) groups excluding carboxylic acids is 1. The van der Waals surface area contributed by atoms with Gasteiger partial charge in [0.15, 0.2) is 0 Å². The van der Waals surface area contributed by atoms with Crippen LogP contribution < -0.4 is 0 Å². The van der Waals surface area contributed by atoms with Gasteiger partial charge in [-0.15, -0.1) is 0 Å². The lowest BCUT2D eigenvalue weighted by Crippen LogP contribution is -2.28. The lowest BCUT2D eigenvalue weighted by atomic mass is 10.1. The second-order valence-electron chi connectivity index (χ2n) is 3.35. The van der Waals surface area contributed by atoms with Gasteiger partial charge < -0.3 is 0 Å². The number of carbonyl (C=O) groups is 1. The molecule has 0 fully saturated rings. The van der Waals surface area contributed by atoms with Gasteiger partial charge in [-0.1, -0.05) is 0 Å². The maximum atomic E-state index is 12.7. The molecule has 1 aromatic rings. The summed E-state index contributed by atoms with van der Waals surface area (Å²) < 4.78 is 38.2. The Balaban J connectivity index is 3.29. The van der Waals surface area contributed by atoms with Crippen molar-refractivity contribution >= 4 is 5.91 Å². The number of rotatable bonds is 2. The summed E-state index contributed by atoms with van der Waals surface area (Å²) in [6.45, 7) is 1.42. The quantitative estimate of drug-likeness (QED) is 0.752. The summed E-state index contributed by atoms with van der Waals surface area (Å²) in [7, 11) is 2.41. The molecule has 0 aliphatic heterocycles. The van der Waals surface area contributed by atoms with Crippen molar-refractivity contribution in [2.24, 2.45) is 0 Å². The van der Waals surface area contributed by atoms with Crippen LogP contribution in [-0.2, 0) is 11.0 Å². The Bertz CT molecular complexity index is 432. The molecule has 0 aliphatic rings. The van der Waals surface area contributed by atoms with Crippen LogP contribution in [-0.4, -0.2) is 30.1 Å². The number of amides is 1. The Morgan fingerprint density at radius 1 is 1.47 bits per heavy atom. The van der Waals surface area contributed by atoms with E-state index in [1.165, 1.54) is 21.1 Å². The lowest BCUT2D eigenvalue weighted by Gasteiger charge is -2.17. The zero-order valence-electron chi connectivity index (χ0n) is 9.50. The van der Waals surface area contributed by atoms with Gasteiger partial charge in [0.25, 0.3) is 5.91 Å². The summed E-state index contributed by atoms with van der Waals surface area (Å²) in [6, 6.07) is 0.830. The van der Waals surface area contributed by atoms with Crippen molar-refractivity contribution in [1.29, 1.82) is 0 Å². The molecule has 0 bridgehead atoms. The minimum Gasteiger partial charge on any atom is -0.274 e. The van der Waals surface area contributed by atoms with E-state index in [0.29, 0.717) is 5.06 Å². The molecule has 1 amide bonds. The maximum Gasteiger partial charge on any atom is 0.417 e. The Labute approximate surface area is 96.0 Å². The van der Waals surface area contributed by atoms with Crippen LogP contribution in [0.5, 0.6) is 0 Å². The molecule has 17 heavy (non-hydrogen) atoms. The molecule has 0 N–H and O–H groups in total. The zero-order chi connectivity index (χ0) is 13.2. The van der Waals surface area contributed by atoms with Gasteiger partial charge in [0, 0.05) is 18.9 Å². The van der Waals surface area contributed by atoms with Crippen molar-refractivity contribution in [3.63, 3.8) is 0 Å². The van der Waals surface area contributed by atoms with Crippen LogP contribution in [0, 0.1) is 6.92 Å². The molecule has 0 aromatic carbocycles. The lowest BCUT2D eigenvalue weighted by molar-refractivity contribution is -0.138. The predicted octanol–water partition coefficient (Wildman–Crippen LogP) is 2.04. The topological polar surface area (TPSA) is 42.4 Å². The third kappa shape index (κ3) is 2.94. The first-order valence-corrected chi connectivity index (χ1v) is 4.63. The fraction of sp³-hybridized carbons (Fsp3) is 0.400. The molecule has 0 atom stereocenters. The third-order valence-corrected chi connectivity index (χ3v) is 2.14. The number of aromatic nitrogens is 1. The number of hydrogen-bond donors (Lipinski definition) is 0. The molecule has 94 valence electrons. The number of halogens is 3. The highest BCUT2D eigenvalue weighted by Crippen LogP contribution is 2.32. The minimum atomic E-state index is -4.60. The van der Waals surface area contributed by atoms with E-state index in [0.717, 1.165) is 12.3 Å². The number of hydrogen-bond acceptors (Lipinski definition) is 3. The number of pyridine rings is 1. The number of hydroxylamine groups is 2. The van der Waals surface area contributed by atoms with Crippen LogP contribution >= 0.6 is 0 Å². The SMILES string of the molecule is CON(C)C(=O)c1cnc(C)cc1C(F)(F)F. The smallest absolute Gasteiger partial charge is 0.274 e. The third-order valence-electron chi connectivity index (χ3n) is 2.14. The fourth-order valence-electron chi connectivity index (χ4n) is 1.22. The van der Waals surface area contributed by atoms with E-state index in [4.69, 9.17) is 0 Å². The van der Waals surface area contributed by atoms with E-state index in [9.17, 15) is 18.0 Å². The molecule has 1 rings (SSSR count). The molecular weight excluding hydrogens is 237 g/mol. The summed E-state index contributed by atoms with van der Waals surface area (Å²) in [5.74, 6) is -0.896. The summed E-state index contributed by atoms with van der Waals surface area (Å²) in [5.41, 5.74) is -1.36. The largest absolute Gasteiger partial charge is 0.417 e. The second-order valence-corrected chi connectivity index (χ2v) is 3.35. The van der Waals surface area contributed by atoms with Gasteiger partial charge in [0.05, 0.1) is 18.2 Å². The molecule has 0 saturated heterocycles. The highest BCUT2D eigenvalue weighted by molar-refractivity contribution is 5.94. The molecular formula is C10H11F3N2O2. The Hall–Kier alpha value is -1.63. The second kappa shape index (κ2) is 4.70. The zero-order valence-corrected chi connectivity index (χ0v) is 9.50. The van der Waals surface area contributed by atoms with Crippen LogP contribution in [0.1, 0.15) is 21.6 Å². The van der Waals surface area contributed by atoms with E-state index in [1.54, 1.807) is 0 Å². The molecule has 0 aliphatic carbocycles. The molecule has 4 nitrogen and oxygen atoms in total. The molecule has 0 radical (unpaired) electrons. The van der Waals surface area contributed by atoms with Gasteiger partial charge in [-0.25, -0.2) is 5.06 Å². The van der Waals surface area contributed by atoms with Gasteiger partial charge in [-0.05, 0) is 13.0 Å². The summed E-state index contributed by atoms with van der Waals surface area (Å²) in [5, 5.41) is 0.710. The number of alkyl halides is 3. The van der Waals surface area contributed by atoms with E-state index in [1.807, 2.05) is 0 Å². The van der Waals surface area contributed by atoms with Gasteiger partial charge in [0.2, 0.25) is 0 Å². The van der Waals surface area contributed by atoms with Crippen molar-refractivity contribution in [3.05, 3.63) is 29.1 Å². The maximum absolute atomic E-state index is 12.7. The molecule has 1 heterocycles. The minimum absolute atomic E-state index is 0.189. The van der Waals surface area contributed by atoms with Gasteiger partial charge in [0.1, 0.15) is 0 Å². The summed E-state index contributed by atoms with van der Waals surface area (Å²) in [6.07, 6.45) is -3.71. The molecule has 0 saturated carbocycles. The number of nitrogens with zero attached hydrogens (tertiary/aromatic N) is 2. The Morgan fingerprint density at radius 3 is 2.53 bits per heavy atom. The predicted molar refractivity (Wildman–Crippen MR) is 53.1 cm³/mol. The first-order valence-electron chi connectivity index (χ1n) is 4.63. The number of aryl methyl sites for hydroxylation is 1. The normalized spacial score (nSPS) is 11.4. The Morgan fingerprint density at radius 2 is 2.06 bits per heavy atom. The van der Waals surface area contributed by atoms with Crippen LogP contribution in [0.15, 0.2) is 12.3 Å². The van der Waals surface area contributed by atoms with Crippen LogP contribution in [0.2, 0.25) is 0 Å². The molecule has 0 spiro atoms. The first-order chi connectivity index (χ1) is 7.77. The van der Waals surface area contributed by atoms with Gasteiger partial charge in [-0.2, -0.15) is 13.2 Å². The van der Waals surface area contributed by atoms with Crippen LogP contribution in [0.25, 0.3) is 0 Å². The van der Waals surface area contributed by atoms with E-state index in [2.05, 4.69) is 9.82 Å². The van der Waals surface area contributed by atoms with E-state index >= 15 is 0 Å². The van der Waals surface area contributed by atoms with Crippen molar-refractivity contribution in [2.75, 3.05) is 14.2 Å². The van der Waals surface area contributed by atoms with Crippen LogP contribution in [0.4, 0.5) is 13.2 Å². The molecule has 7 heteroatoms. The molecule has 1 aromatic heterocycles. The average molecular weight is 248 g/mol.